The molecule has 5 nitrogen and oxygen atoms in total. The zero-order chi connectivity index (χ0) is 23.8. The summed E-state index contributed by atoms with van der Waals surface area (Å²) in [7, 11) is 1.57. The van der Waals surface area contributed by atoms with Crippen molar-refractivity contribution in [2.24, 2.45) is 0 Å². The van der Waals surface area contributed by atoms with E-state index in [-0.39, 0.29) is 29.4 Å². The molecule has 0 spiro atoms. The predicted octanol–water partition coefficient (Wildman–Crippen LogP) is 5.64. The molecular weight excluding hydrogens is 466 g/mol. The molecule has 2 amide bonds. The van der Waals surface area contributed by atoms with Gasteiger partial charge in [-0.3, -0.25) is 9.59 Å². The van der Waals surface area contributed by atoms with Crippen molar-refractivity contribution < 1.29 is 18.7 Å². The van der Waals surface area contributed by atoms with Crippen LogP contribution >= 0.6 is 23.2 Å². The minimum atomic E-state index is -1.05. The van der Waals surface area contributed by atoms with Gasteiger partial charge in [-0.15, -0.1) is 11.6 Å². The van der Waals surface area contributed by atoms with Crippen molar-refractivity contribution in [3.05, 3.63) is 64.4 Å². The predicted molar refractivity (Wildman–Crippen MR) is 128 cm³/mol. The molecule has 33 heavy (non-hydrogen) atoms. The number of hydrogen-bond donors (Lipinski definition) is 1. The third-order valence-electron chi connectivity index (χ3n) is 5.97. The van der Waals surface area contributed by atoms with Crippen molar-refractivity contribution in [3.63, 3.8) is 0 Å². The third kappa shape index (κ3) is 6.84. The maximum absolute atomic E-state index is 13.8. The molecule has 3 rings (SSSR count). The number of amides is 2. The number of ether oxygens (including phenoxy) is 1. The molecule has 0 saturated heterocycles. The summed E-state index contributed by atoms with van der Waals surface area (Å²) in [5, 5.41) is 3.20. The van der Waals surface area contributed by atoms with Gasteiger partial charge >= 0.3 is 0 Å². The molecular formula is C25H29Cl2FN2O3. The molecule has 2 aromatic carbocycles. The van der Waals surface area contributed by atoms with E-state index in [1.54, 1.807) is 19.2 Å². The van der Waals surface area contributed by atoms with Gasteiger partial charge in [0, 0.05) is 23.2 Å². The Morgan fingerprint density at radius 1 is 1.12 bits per heavy atom. The highest BCUT2D eigenvalue weighted by Gasteiger charge is 2.34. The first-order valence-electron chi connectivity index (χ1n) is 11.2. The Morgan fingerprint density at radius 3 is 2.36 bits per heavy atom. The van der Waals surface area contributed by atoms with E-state index in [1.165, 1.54) is 17.0 Å². The molecule has 8 heteroatoms. The zero-order valence-corrected chi connectivity index (χ0v) is 20.2. The van der Waals surface area contributed by atoms with Gasteiger partial charge in [0.15, 0.2) is 0 Å². The first-order valence-corrected chi connectivity index (χ1v) is 12.1. The second-order valence-electron chi connectivity index (χ2n) is 8.27. The van der Waals surface area contributed by atoms with E-state index in [1.807, 2.05) is 12.1 Å². The molecule has 1 aliphatic rings. The fourth-order valence-corrected chi connectivity index (χ4v) is 4.63. The molecule has 0 aromatic heterocycles. The minimum absolute atomic E-state index is 0.0238. The molecule has 178 valence electrons. The highest BCUT2D eigenvalue weighted by molar-refractivity contribution is 6.31. The number of methoxy groups -OCH3 is 1. The van der Waals surface area contributed by atoms with Crippen LogP contribution in [0.3, 0.4) is 0 Å². The summed E-state index contributed by atoms with van der Waals surface area (Å²) < 4.78 is 19.0. The van der Waals surface area contributed by atoms with Crippen LogP contribution in [0.5, 0.6) is 5.75 Å². The molecule has 0 bridgehead atoms. The molecule has 0 radical (unpaired) electrons. The van der Waals surface area contributed by atoms with Gasteiger partial charge in [0.25, 0.3) is 0 Å². The van der Waals surface area contributed by atoms with Crippen LogP contribution in [-0.4, -0.2) is 35.7 Å². The molecule has 1 aliphatic carbocycles. The fraction of sp³-hybridized carbons (Fsp3) is 0.440. The first-order chi connectivity index (χ1) is 15.9. The lowest BCUT2D eigenvalue weighted by atomic mass is 10.0. The van der Waals surface area contributed by atoms with Crippen LogP contribution in [0.4, 0.5) is 4.39 Å². The summed E-state index contributed by atoms with van der Waals surface area (Å²) in [4.78, 5) is 28.0. The van der Waals surface area contributed by atoms with Crippen LogP contribution < -0.4 is 10.1 Å². The Hall–Kier alpha value is -2.31. The van der Waals surface area contributed by atoms with Gasteiger partial charge in [0.05, 0.1) is 7.11 Å². The number of nitrogens with zero attached hydrogens (tertiary/aromatic N) is 1. The molecule has 0 unspecified atom stereocenters. The van der Waals surface area contributed by atoms with Gasteiger partial charge in [0.1, 0.15) is 23.5 Å². The molecule has 0 aliphatic heterocycles. The van der Waals surface area contributed by atoms with Crippen molar-refractivity contribution in [2.75, 3.05) is 13.0 Å². The first kappa shape index (κ1) is 25.3. The molecule has 1 saturated carbocycles. The van der Waals surface area contributed by atoms with E-state index in [9.17, 15) is 14.0 Å². The number of benzene rings is 2. The lowest BCUT2D eigenvalue weighted by molar-refractivity contribution is -0.140. The Labute approximate surface area is 204 Å². The average molecular weight is 495 g/mol. The average Bonchev–Trinajstić information content (AvgIpc) is 3.08. The van der Waals surface area contributed by atoms with Crippen molar-refractivity contribution >= 4 is 35.0 Å². The van der Waals surface area contributed by atoms with E-state index in [0.717, 1.165) is 50.2 Å². The van der Waals surface area contributed by atoms with Crippen LogP contribution in [0, 0.1) is 5.82 Å². The minimum Gasteiger partial charge on any atom is -0.497 e. The summed E-state index contributed by atoms with van der Waals surface area (Å²) in [5.41, 5.74) is 1.15. The van der Waals surface area contributed by atoms with E-state index < -0.39 is 17.8 Å². The van der Waals surface area contributed by atoms with E-state index in [2.05, 4.69) is 5.32 Å². The Morgan fingerprint density at radius 2 is 1.79 bits per heavy atom. The summed E-state index contributed by atoms with van der Waals surface area (Å²) in [6.45, 7) is 0.131. The number of carbonyl (C=O) groups excluding carboxylic acids is 2. The summed E-state index contributed by atoms with van der Waals surface area (Å²) in [6.07, 6.45) is 6.16. The normalized spacial score (nSPS) is 15.4. The Balaban J connectivity index is 1.96. The number of hydrogen-bond acceptors (Lipinski definition) is 3. The van der Waals surface area contributed by atoms with Gasteiger partial charge in [-0.25, -0.2) is 4.39 Å². The topological polar surface area (TPSA) is 58.6 Å². The molecule has 0 heterocycles. The highest BCUT2D eigenvalue weighted by Crippen LogP contribution is 2.31. The number of nitrogens with one attached hydrogen (secondary N) is 1. The van der Waals surface area contributed by atoms with Gasteiger partial charge in [0.2, 0.25) is 11.8 Å². The highest BCUT2D eigenvalue weighted by atomic mass is 35.5. The number of halogens is 3. The maximum atomic E-state index is 13.8. The summed E-state index contributed by atoms with van der Waals surface area (Å²) in [5.74, 6) is -0.908. The van der Waals surface area contributed by atoms with Crippen molar-refractivity contribution in [2.45, 2.75) is 57.2 Å². The largest absolute Gasteiger partial charge is 0.497 e. The Bertz CT molecular complexity index is 947. The van der Waals surface area contributed by atoms with Crippen LogP contribution in [0.25, 0.3) is 0 Å². The van der Waals surface area contributed by atoms with Crippen molar-refractivity contribution in [1.29, 1.82) is 0 Å². The third-order valence-corrected chi connectivity index (χ3v) is 6.52. The zero-order valence-electron chi connectivity index (χ0n) is 18.7. The fourth-order valence-electron chi connectivity index (χ4n) is 4.21. The smallest absolute Gasteiger partial charge is 0.247 e. The monoisotopic (exact) mass is 494 g/mol. The summed E-state index contributed by atoms with van der Waals surface area (Å²) in [6, 6.07) is 10.0. The number of alkyl halides is 1. The van der Waals surface area contributed by atoms with E-state index >= 15 is 0 Å². The van der Waals surface area contributed by atoms with Crippen LogP contribution in [0.15, 0.2) is 42.5 Å². The second kappa shape index (κ2) is 12.2. The van der Waals surface area contributed by atoms with E-state index in [0.29, 0.717) is 11.3 Å². The quantitative estimate of drug-likeness (QED) is 0.381. The number of carbonyl (C=O) groups is 2. The molecule has 1 fully saturated rings. The van der Waals surface area contributed by atoms with Gasteiger partial charge in [-0.05, 0) is 42.7 Å². The summed E-state index contributed by atoms with van der Waals surface area (Å²) >= 11 is 12.3. The lowest BCUT2D eigenvalue weighted by Crippen LogP contribution is -2.46. The molecule has 1 atom stereocenters. The SMILES string of the molecule is COc1ccc(CN(C(=O)CCl)[C@@H](C(=O)NC2CCCCCC2)c2ccc(F)cc2Cl)cc1. The van der Waals surface area contributed by atoms with Crippen LogP contribution in [0.2, 0.25) is 5.02 Å². The maximum Gasteiger partial charge on any atom is 0.247 e. The van der Waals surface area contributed by atoms with Crippen LogP contribution in [0.1, 0.15) is 55.7 Å². The standard InChI is InChI=1S/C25H29Cl2FN2O3/c1-33-20-11-8-17(9-12-20)16-30(23(31)15-26)24(21-13-10-18(28)14-22(21)27)25(32)29-19-6-4-2-3-5-7-19/h8-14,19,24H,2-7,15-16H2,1H3,(H,29,32)/t24-/m1/s1. The lowest BCUT2D eigenvalue weighted by Gasteiger charge is -2.33. The van der Waals surface area contributed by atoms with Crippen LogP contribution in [-0.2, 0) is 16.1 Å². The number of rotatable bonds is 8. The van der Waals surface area contributed by atoms with Gasteiger partial charge < -0.3 is 15.0 Å². The Kier molecular flexibility index (Phi) is 9.39. The molecule has 2 aromatic rings. The second-order valence-corrected chi connectivity index (χ2v) is 8.94. The van der Waals surface area contributed by atoms with Gasteiger partial charge in [-0.2, -0.15) is 0 Å². The molecule has 1 N–H and O–H groups in total. The van der Waals surface area contributed by atoms with Crippen molar-refractivity contribution in [3.8, 4) is 5.75 Å². The van der Waals surface area contributed by atoms with E-state index in [4.69, 9.17) is 27.9 Å². The van der Waals surface area contributed by atoms with Gasteiger partial charge in [-0.1, -0.05) is 55.5 Å². The van der Waals surface area contributed by atoms with Crippen molar-refractivity contribution in [1.82, 2.24) is 10.2 Å².